The van der Waals surface area contributed by atoms with Crippen molar-refractivity contribution < 1.29 is 18.7 Å². The van der Waals surface area contributed by atoms with Crippen molar-refractivity contribution in [3.8, 4) is 22.9 Å². The summed E-state index contributed by atoms with van der Waals surface area (Å²) in [7, 11) is 0. The SMILES string of the molecule is CCOc1ccc(Cc2nc(-c3ccc(N4CCOCC4)cc3)no2)cc1OCC. The summed E-state index contributed by atoms with van der Waals surface area (Å²) in [6, 6.07) is 14.1. The summed E-state index contributed by atoms with van der Waals surface area (Å²) in [4.78, 5) is 6.89. The van der Waals surface area contributed by atoms with E-state index in [4.69, 9.17) is 18.7 Å². The van der Waals surface area contributed by atoms with Gasteiger partial charge in [-0.3, -0.25) is 0 Å². The first-order valence-electron chi connectivity index (χ1n) is 10.4. The van der Waals surface area contributed by atoms with Crippen molar-refractivity contribution in [3.05, 3.63) is 53.9 Å². The highest BCUT2D eigenvalue weighted by Gasteiger charge is 2.14. The fraction of sp³-hybridized carbons (Fsp3) is 0.391. The van der Waals surface area contributed by atoms with Gasteiger partial charge in [0.2, 0.25) is 11.7 Å². The molecule has 0 unspecified atom stereocenters. The number of hydrogen-bond donors (Lipinski definition) is 0. The summed E-state index contributed by atoms with van der Waals surface area (Å²) >= 11 is 0. The molecule has 0 aliphatic carbocycles. The number of anilines is 1. The second-order valence-electron chi connectivity index (χ2n) is 6.98. The second kappa shape index (κ2) is 9.63. The van der Waals surface area contributed by atoms with Crippen molar-refractivity contribution in [1.29, 1.82) is 0 Å². The van der Waals surface area contributed by atoms with Crippen LogP contribution >= 0.6 is 0 Å². The Morgan fingerprint density at radius 1 is 0.933 bits per heavy atom. The Bertz CT molecular complexity index is 949. The molecule has 0 spiro atoms. The second-order valence-corrected chi connectivity index (χ2v) is 6.98. The minimum absolute atomic E-state index is 0.533. The van der Waals surface area contributed by atoms with Crippen LogP contribution in [0.4, 0.5) is 5.69 Å². The first-order valence-corrected chi connectivity index (χ1v) is 10.4. The molecule has 7 nitrogen and oxygen atoms in total. The minimum atomic E-state index is 0.533. The lowest BCUT2D eigenvalue weighted by Gasteiger charge is -2.28. The normalized spacial score (nSPS) is 14.0. The van der Waals surface area contributed by atoms with E-state index in [-0.39, 0.29) is 0 Å². The van der Waals surface area contributed by atoms with Crippen LogP contribution in [-0.4, -0.2) is 49.7 Å². The van der Waals surface area contributed by atoms with Crippen LogP contribution in [-0.2, 0) is 11.2 Å². The van der Waals surface area contributed by atoms with Crippen LogP contribution in [0.2, 0.25) is 0 Å². The van der Waals surface area contributed by atoms with Gasteiger partial charge >= 0.3 is 0 Å². The fourth-order valence-corrected chi connectivity index (χ4v) is 3.47. The maximum atomic E-state index is 5.70. The van der Waals surface area contributed by atoms with Gasteiger partial charge in [0.1, 0.15) is 0 Å². The highest BCUT2D eigenvalue weighted by molar-refractivity contribution is 5.60. The summed E-state index contributed by atoms with van der Waals surface area (Å²) in [6.07, 6.45) is 0.533. The standard InChI is InChI=1S/C23H27N3O4/c1-3-28-20-10-5-17(15-21(20)29-4-2)16-22-24-23(25-30-22)18-6-8-19(9-7-18)26-11-13-27-14-12-26/h5-10,15H,3-4,11-14,16H2,1-2H3. The van der Waals surface area contributed by atoms with Crippen molar-refractivity contribution >= 4 is 5.69 Å². The number of benzene rings is 2. The molecule has 0 atom stereocenters. The average Bonchev–Trinajstić information content (AvgIpc) is 3.25. The zero-order valence-corrected chi connectivity index (χ0v) is 17.5. The molecule has 1 aliphatic heterocycles. The van der Waals surface area contributed by atoms with Gasteiger partial charge in [-0.1, -0.05) is 11.2 Å². The third-order valence-electron chi connectivity index (χ3n) is 4.93. The van der Waals surface area contributed by atoms with Crippen LogP contribution in [0.25, 0.3) is 11.4 Å². The summed E-state index contributed by atoms with van der Waals surface area (Å²) in [5.74, 6) is 2.63. The van der Waals surface area contributed by atoms with E-state index in [9.17, 15) is 0 Å². The lowest BCUT2D eigenvalue weighted by Crippen LogP contribution is -2.36. The number of morpholine rings is 1. The Morgan fingerprint density at radius 3 is 2.40 bits per heavy atom. The summed E-state index contributed by atoms with van der Waals surface area (Å²) < 4.78 is 22.2. The van der Waals surface area contributed by atoms with Gasteiger partial charge in [0, 0.05) is 24.3 Å². The van der Waals surface area contributed by atoms with E-state index in [0.29, 0.717) is 31.3 Å². The molecule has 0 radical (unpaired) electrons. The van der Waals surface area contributed by atoms with Crippen LogP contribution in [0.5, 0.6) is 11.5 Å². The largest absolute Gasteiger partial charge is 0.490 e. The van der Waals surface area contributed by atoms with E-state index < -0.39 is 0 Å². The van der Waals surface area contributed by atoms with Crippen molar-refractivity contribution in [2.75, 3.05) is 44.4 Å². The molecule has 1 fully saturated rings. The number of rotatable bonds is 8. The molecule has 0 saturated carbocycles. The number of hydrogen-bond acceptors (Lipinski definition) is 7. The molecule has 1 aliphatic rings. The predicted octanol–water partition coefficient (Wildman–Crippen LogP) is 3.96. The molecule has 0 bridgehead atoms. The van der Waals surface area contributed by atoms with E-state index in [1.165, 1.54) is 5.69 Å². The van der Waals surface area contributed by atoms with Crippen LogP contribution < -0.4 is 14.4 Å². The van der Waals surface area contributed by atoms with Crippen LogP contribution in [0, 0.1) is 0 Å². The predicted molar refractivity (Wildman–Crippen MR) is 114 cm³/mol. The highest BCUT2D eigenvalue weighted by atomic mass is 16.5. The smallest absolute Gasteiger partial charge is 0.231 e. The maximum absolute atomic E-state index is 5.70. The number of ether oxygens (including phenoxy) is 3. The summed E-state index contributed by atoms with van der Waals surface area (Å²) in [5.41, 5.74) is 3.15. The molecule has 158 valence electrons. The van der Waals surface area contributed by atoms with Gasteiger partial charge in [-0.05, 0) is 55.8 Å². The van der Waals surface area contributed by atoms with E-state index in [1.807, 2.05) is 44.2 Å². The molecule has 4 rings (SSSR count). The Morgan fingerprint density at radius 2 is 1.67 bits per heavy atom. The molecule has 2 aromatic carbocycles. The van der Waals surface area contributed by atoms with E-state index >= 15 is 0 Å². The lowest BCUT2D eigenvalue weighted by molar-refractivity contribution is 0.122. The van der Waals surface area contributed by atoms with Crippen LogP contribution in [0.15, 0.2) is 47.0 Å². The Hall–Kier alpha value is -3.06. The molecule has 0 N–H and O–H groups in total. The summed E-state index contributed by atoms with van der Waals surface area (Å²) in [5, 5.41) is 4.15. The third kappa shape index (κ3) is 4.74. The number of nitrogens with zero attached hydrogens (tertiary/aromatic N) is 3. The van der Waals surface area contributed by atoms with Gasteiger partial charge in [-0.25, -0.2) is 0 Å². The van der Waals surface area contributed by atoms with Gasteiger partial charge in [0.05, 0.1) is 32.8 Å². The van der Waals surface area contributed by atoms with Crippen molar-refractivity contribution in [2.45, 2.75) is 20.3 Å². The highest BCUT2D eigenvalue weighted by Crippen LogP contribution is 2.29. The van der Waals surface area contributed by atoms with Crippen LogP contribution in [0.3, 0.4) is 0 Å². The van der Waals surface area contributed by atoms with Crippen molar-refractivity contribution in [1.82, 2.24) is 10.1 Å². The van der Waals surface area contributed by atoms with Crippen molar-refractivity contribution in [3.63, 3.8) is 0 Å². The molecule has 0 amide bonds. The zero-order valence-electron chi connectivity index (χ0n) is 17.5. The molecule has 7 heteroatoms. The first-order chi connectivity index (χ1) is 14.8. The minimum Gasteiger partial charge on any atom is -0.490 e. The van der Waals surface area contributed by atoms with E-state index in [0.717, 1.165) is 48.9 Å². The van der Waals surface area contributed by atoms with E-state index in [1.54, 1.807) is 0 Å². The summed E-state index contributed by atoms with van der Waals surface area (Å²) in [6.45, 7) is 8.45. The van der Waals surface area contributed by atoms with Crippen LogP contribution in [0.1, 0.15) is 25.3 Å². The topological polar surface area (TPSA) is 69.9 Å². The van der Waals surface area contributed by atoms with Gasteiger partial charge in [-0.15, -0.1) is 0 Å². The molecular formula is C23H27N3O4. The third-order valence-corrected chi connectivity index (χ3v) is 4.93. The fourth-order valence-electron chi connectivity index (χ4n) is 3.47. The van der Waals surface area contributed by atoms with Gasteiger partial charge < -0.3 is 23.6 Å². The number of aromatic nitrogens is 2. The van der Waals surface area contributed by atoms with Gasteiger partial charge in [0.25, 0.3) is 0 Å². The zero-order chi connectivity index (χ0) is 20.8. The molecule has 1 aromatic heterocycles. The van der Waals surface area contributed by atoms with Crippen molar-refractivity contribution in [2.24, 2.45) is 0 Å². The molecule has 2 heterocycles. The van der Waals surface area contributed by atoms with Gasteiger partial charge in [-0.2, -0.15) is 4.98 Å². The first kappa shape index (κ1) is 20.2. The molecule has 1 saturated heterocycles. The average molecular weight is 409 g/mol. The van der Waals surface area contributed by atoms with E-state index in [2.05, 4.69) is 27.2 Å². The maximum Gasteiger partial charge on any atom is 0.231 e. The molecule has 3 aromatic rings. The van der Waals surface area contributed by atoms with Gasteiger partial charge in [0.15, 0.2) is 11.5 Å². The quantitative estimate of drug-likeness (QED) is 0.558. The monoisotopic (exact) mass is 409 g/mol. The Kier molecular flexibility index (Phi) is 6.49. The Balaban J connectivity index is 1.45. The lowest BCUT2D eigenvalue weighted by atomic mass is 10.1. The Labute approximate surface area is 176 Å². The molecular weight excluding hydrogens is 382 g/mol. The molecule has 30 heavy (non-hydrogen) atoms.